The number of ether oxygens (including phenoxy) is 1. The molecule has 1 N–H and O–H groups in total. The van der Waals surface area contributed by atoms with E-state index in [0.29, 0.717) is 11.6 Å². The first-order valence-corrected chi connectivity index (χ1v) is 9.18. The van der Waals surface area contributed by atoms with Crippen molar-refractivity contribution in [2.45, 2.75) is 13.3 Å². The maximum Gasteiger partial charge on any atom is 0.307 e. The molecule has 4 heteroatoms. The second kappa shape index (κ2) is 9.12. The fourth-order valence-electron chi connectivity index (χ4n) is 2.81. The average Bonchev–Trinajstić information content (AvgIpc) is 2.67. The summed E-state index contributed by atoms with van der Waals surface area (Å²) in [5.74, 6) is 6.03. The quantitative estimate of drug-likeness (QED) is 0.595. The molecule has 0 aliphatic rings. The predicted octanol–water partition coefficient (Wildman–Crippen LogP) is 5.37. The third-order valence-corrected chi connectivity index (χ3v) is 4.41. The molecule has 140 valence electrons. The summed E-state index contributed by atoms with van der Waals surface area (Å²) >= 11 is 5.94. The molecular formula is C24H19ClO3. The van der Waals surface area contributed by atoms with Crippen molar-refractivity contribution in [2.75, 3.05) is 6.61 Å². The van der Waals surface area contributed by atoms with Gasteiger partial charge in [0.05, 0.1) is 6.42 Å². The van der Waals surface area contributed by atoms with Crippen molar-refractivity contribution in [1.82, 2.24) is 0 Å². The summed E-state index contributed by atoms with van der Waals surface area (Å²) in [5.41, 5.74) is 4.65. The number of hydrogen-bond donors (Lipinski definition) is 1. The molecule has 0 radical (unpaired) electrons. The van der Waals surface area contributed by atoms with Crippen molar-refractivity contribution in [3.05, 3.63) is 88.4 Å². The van der Waals surface area contributed by atoms with Crippen LogP contribution >= 0.6 is 11.6 Å². The van der Waals surface area contributed by atoms with E-state index in [1.54, 1.807) is 6.07 Å². The molecule has 3 aromatic rings. The fraction of sp³-hybridized carbons (Fsp3) is 0.125. The van der Waals surface area contributed by atoms with Crippen LogP contribution in [0.15, 0.2) is 66.7 Å². The zero-order chi connectivity index (χ0) is 19.9. The molecule has 0 amide bonds. The van der Waals surface area contributed by atoms with Crippen LogP contribution in [0.4, 0.5) is 0 Å². The number of aryl methyl sites for hydroxylation is 1. The lowest BCUT2D eigenvalue weighted by Gasteiger charge is -2.06. The highest BCUT2D eigenvalue weighted by molar-refractivity contribution is 6.30. The van der Waals surface area contributed by atoms with E-state index >= 15 is 0 Å². The Hall–Kier alpha value is -3.22. The SMILES string of the molecule is Cc1cc(Cl)ccc1OCC#Cc1ccc(-c2cccc(CC(=O)O)c2)cc1. The molecule has 0 atom stereocenters. The Bertz CT molecular complexity index is 1040. The Morgan fingerprint density at radius 2 is 1.82 bits per heavy atom. The number of aliphatic carboxylic acids is 1. The molecule has 0 saturated carbocycles. The van der Waals surface area contributed by atoms with Crippen molar-refractivity contribution >= 4 is 17.6 Å². The van der Waals surface area contributed by atoms with Gasteiger partial charge in [-0.05, 0) is 59.5 Å². The smallest absolute Gasteiger partial charge is 0.307 e. The largest absolute Gasteiger partial charge is 0.481 e. The van der Waals surface area contributed by atoms with E-state index in [0.717, 1.165) is 33.6 Å². The number of rotatable bonds is 5. The molecule has 3 rings (SSSR count). The Labute approximate surface area is 169 Å². The molecule has 0 saturated heterocycles. The molecule has 3 nitrogen and oxygen atoms in total. The third-order valence-electron chi connectivity index (χ3n) is 4.17. The highest BCUT2D eigenvalue weighted by Gasteiger charge is 2.03. The second-order valence-corrected chi connectivity index (χ2v) is 6.78. The number of carboxylic acid groups (broad SMARTS) is 1. The standard InChI is InChI=1S/C24H19ClO3/c1-17-14-22(25)11-12-23(17)28-13-3-5-18-7-9-20(10-8-18)21-6-2-4-19(15-21)16-24(26)27/h2,4,6-12,14-15H,13,16H2,1H3,(H,26,27). The Balaban J connectivity index is 1.64. The summed E-state index contributed by atoms with van der Waals surface area (Å²) in [6.45, 7) is 2.24. The first-order valence-electron chi connectivity index (χ1n) is 8.80. The van der Waals surface area contributed by atoms with Gasteiger partial charge in [0, 0.05) is 10.6 Å². The summed E-state index contributed by atoms with van der Waals surface area (Å²) in [5, 5.41) is 9.62. The molecule has 3 aromatic carbocycles. The fourth-order valence-corrected chi connectivity index (χ4v) is 3.03. The Morgan fingerprint density at radius 1 is 1.04 bits per heavy atom. The molecule has 28 heavy (non-hydrogen) atoms. The summed E-state index contributed by atoms with van der Waals surface area (Å²) in [6, 6.07) is 20.9. The highest BCUT2D eigenvalue weighted by Crippen LogP contribution is 2.22. The monoisotopic (exact) mass is 390 g/mol. The number of halogens is 1. The average molecular weight is 391 g/mol. The second-order valence-electron chi connectivity index (χ2n) is 6.35. The third kappa shape index (κ3) is 5.39. The number of carbonyl (C=O) groups is 1. The molecule has 0 unspecified atom stereocenters. The van der Waals surface area contributed by atoms with Crippen LogP contribution in [0.3, 0.4) is 0 Å². The minimum absolute atomic E-state index is 0.0183. The van der Waals surface area contributed by atoms with Gasteiger partial charge in [0.2, 0.25) is 0 Å². The van der Waals surface area contributed by atoms with E-state index < -0.39 is 5.97 Å². The van der Waals surface area contributed by atoms with Crippen molar-refractivity contribution in [3.8, 4) is 28.7 Å². The van der Waals surface area contributed by atoms with Gasteiger partial charge in [0.15, 0.2) is 0 Å². The molecule has 0 fully saturated rings. The lowest BCUT2D eigenvalue weighted by molar-refractivity contribution is -0.136. The van der Waals surface area contributed by atoms with E-state index in [-0.39, 0.29) is 6.42 Å². The Morgan fingerprint density at radius 3 is 2.54 bits per heavy atom. The van der Waals surface area contributed by atoms with Crippen molar-refractivity contribution in [1.29, 1.82) is 0 Å². The van der Waals surface area contributed by atoms with E-state index in [2.05, 4.69) is 11.8 Å². The van der Waals surface area contributed by atoms with E-state index in [9.17, 15) is 4.79 Å². The van der Waals surface area contributed by atoms with Gasteiger partial charge in [-0.1, -0.05) is 59.8 Å². The number of hydrogen-bond acceptors (Lipinski definition) is 2. The Kier molecular flexibility index (Phi) is 6.37. The van der Waals surface area contributed by atoms with Gasteiger partial charge >= 0.3 is 5.97 Å². The summed E-state index contributed by atoms with van der Waals surface area (Å²) < 4.78 is 5.67. The van der Waals surface area contributed by atoms with Crippen LogP contribution in [-0.2, 0) is 11.2 Å². The van der Waals surface area contributed by atoms with Crippen LogP contribution in [0.25, 0.3) is 11.1 Å². The van der Waals surface area contributed by atoms with Gasteiger partial charge in [-0.15, -0.1) is 0 Å². The minimum atomic E-state index is -0.834. The van der Waals surface area contributed by atoms with Crippen LogP contribution in [0.2, 0.25) is 5.02 Å². The highest BCUT2D eigenvalue weighted by atomic mass is 35.5. The summed E-state index contributed by atoms with van der Waals surface area (Å²) in [4.78, 5) is 10.9. The number of carboxylic acids is 1. The predicted molar refractivity (Wildman–Crippen MR) is 112 cm³/mol. The van der Waals surface area contributed by atoms with E-state index in [1.165, 1.54) is 0 Å². The first-order chi connectivity index (χ1) is 13.5. The molecule has 0 aliphatic heterocycles. The van der Waals surface area contributed by atoms with Gasteiger partial charge in [0.1, 0.15) is 12.4 Å². The van der Waals surface area contributed by atoms with E-state index in [1.807, 2.05) is 67.6 Å². The van der Waals surface area contributed by atoms with Crippen molar-refractivity contribution in [3.63, 3.8) is 0 Å². The van der Waals surface area contributed by atoms with Crippen LogP contribution in [0.1, 0.15) is 16.7 Å². The van der Waals surface area contributed by atoms with Gasteiger partial charge in [-0.2, -0.15) is 0 Å². The maximum atomic E-state index is 10.9. The summed E-state index contributed by atoms with van der Waals surface area (Å²) in [6.07, 6.45) is 0.0183. The van der Waals surface area contributed by atoms with Crippen molar-refractivity contribution in [2.24, 2.45) is 0 Å². The van der Waals surface area contributed by atoms with Crippen LogP contribution < -0.4 is 4.74 Å². The first kappa shape index (κ1) is 19.5. The summed E-state index contributed by atoms with van der Waals surface area (Å²) in [7, 11) is 0. The van der Waals surface area contributed by atoms with Crippen molar-refractivity contribution < 1.29 is 14.6 Å². The topological polar surface area (TPSA) is 46.5 Å². The van der Waals surface area contributed by atoms with Gasteiger partial charge in [0.25, 0.3) is 0 Å². The van der Waals surface area contributed by atoms with Crippen LogP contribution in [0.5, 0.6) is 5.75 Å². The zero-order valence-corrected chi connectivity index (χ0v) is 16.2. The van der Waals surface area contributed by atoms with Crippen LogP contribution in [-0.4, -0.2) is 17.7 Å². The lowest BCUT2D eigenvalue weighted by atomic mass is 10.0. The lowest BCUT2D eigenvalue weighted by Crippen LogP contribution is -1.99. The molecular weight excluding hydrogens is 372 g/mol. The minimum Gasteiger partial charge on any atom is -0.481 e. The number of benzene rings is 3. The van der Waals surface area contributed by atoms with Gasteiger partial charge in [-0.25, -0.2) is 0 Å². The molecule has 0 aromatic heterocycles. The van der Waals surface area contributed by atoms with Gasteiger partial charge < -0.3 is 9.84 Å². The van der Waals surface area contributed by atoms with Gasteiger partial charge in [-0.3, -0.25) is 4.79 Å². The normalized spacial score (nSPS) is 10.1. The van der Waals surface area contributed by atoms with Crippen LogP contribution in [0, 0.1) is 18.8 Å². The van der Waals surface area contributed by atoms with E-state index in [4.69, 9.17) is 21.4 Å². The zero-order valence-electron chi connectivity index (χ0n) is 15.4. The molecule has 0 heterocycles. The molecule has 0 bridgehead atoms. The molecule has 0 aliphatic carbocycles. The maximum absolute atomic E-state index is 10.9. The molecule has 0 spiro atoms.